The zero-order valence-corrected chi connectivity index (χ0v) is 18.3. The summed E-state index contributed by atoms with van der Waals surface area (Å²) >= 11 is 4.96. The lowest BCUT2D eigenvalue weighted by Gasteiger charge is -2.29. The van der Waals surface area contributed by atoms with Gasteiger partial charge in [-0.05, 0) is 50.5 Å². The van der Waals surface area contributed by atoms with Gasteiger partial charge in [0.15, 0.2) is 0 Å². The summed E-state index contributed by atoms with van der Waals surface area (Å²) in [5.41, 5.74) is 8.31. The van der Waals surface area contributed by atoms with Gasteiger partial charge >= 0.3 is 5.97 Å². The summed E-state index contributed by atoms with van der Waals surface area (Å²) in [5.74, 6) is 0.000114. The highest BCUT2D eigenvalue weighted by Crippen LogP contribution is 2.25. The van der Waals surface area contributed by atoms with Crippen LogP contribution < -0.4 is 10.5 Å². The van der Waals surface area contributed by atoms with E-state index in [0.717, 1.165) is 16.7 Å². The summed E-state index contributed by atoms with van der Waals surface area (Å²) in [7, 11) is 0. The molecule has 1 aliphatic heterocycles. The number of carbonyl (C=O) groups excluding carboxylic acids is 2. The first-order valence-electron chi connectivity index (χ1n) is 9.78. The Hall–Kier alpha value is -2.93. The van der Waals surface area contributed by atoms with Gasteiger partial charge < -0.3 is 20.1 Å². The van der Waals surface area contributed by atoms with Crippen molar-refractivity contribution in [2.24, 2.45) is 5.73 Å². The summed E-state index contributed by atoms with van der Waals surface area (Å²) in [5, 5.41) is 0. The molecule has 1 amide bonds. The predicted molar refractivity (Wildman–Crippen MR) is 119 cm³/mol. The Morgan fingerprint density at radius 2 is 1.87 bits per heavy atom. The summed E-state index contributed by atoms with van der Waals surface area (Å²) in [4.78, 5) is 26.9. The standard InChI is InChI=1S/C23H26N2O4S/c1-23(2,3)29-20(26)13-25-11-10-16-8-9-18(12-19(16)22(25)27)28-14-15-4-6-17(7-5-15)21(24)30/h4-9,12H,10-11,13-14H2,1-3H3,(H2,24,30). The minimum Gasteiger partial charge on any atom is -0.489 e. The zero-order chi connectivity index (χ0) is 21.9. The highest BCUT2D eigenvalue weighted by Gasteiger charge is 2.28. The number of benzene rings is 2. The van der Waals surface area contributed by atoms with Crippen LogP contribution in [0.25, 0.3) is 0 Å². The van der Waals surface area contributed by atoms with Crippen molar-refractivity contribution in [3.05, 3.63) is 64.7 Å². The molecule has 3 rings (SSSR count). The normalized spacial score (nSPS) is 13.6. The molecule has 0 unspecified atom stereocenters. The molecule has 0 aromatic heterocycles. The zero-order valence-electron chi connectivity index (χ0n) is 17.4. The Balaban J connectivity index is 1.66. The molecule has 2 N–H and O–H groups in total. The molecule has 7 heteroatoms. The second-order valence-electron chi connectivity index (χ2n) is 8.23. The summed E-state index contributed by atoms with van der Waals surface area (Å²) < 4.78 is 11.2. The van der Waals surface area contributed by atoms with E-state index in [9.17, 15) is 9.59 Å². The Labute approximate surface area is 182 Å². The van der Waals surface area contributed by atoms with Crippen molar-refractivity contribution in [2.45, 2.75) is 39.4 Å². The Morgan fingerprint density at radius 1 is 1.17 bits per heavy atom. The van der Waals surface area contributed by atoms with Crippen LogP contribution in [0.3, 0.4) is 0 Å². The lowest BCUT2D eigenvalue weighted by Crippen LogP contribution is -2.42. The van der Waals surface area contributed by atoms with Crippen molar-refractivity contribution in [3.8, 4) is 5.75 Å². The second-order valence-corrected chi connectivity index (χ2v) is 8.67. The van der Waals surface area contributed by atoms with Crippen LogP contribution in [0.5, 0.6) is 5.75 Å². The molecule has 0 radical (unpaired) electrons. The first-order valence-corrected chi connectivity index (χ1v) is 10.2. The monoisotopic (exact) mass is 426 g/mol. The van der Waals surface area contributed by atoms with Gasteiger partial charge in [0, 0.05) is 17.7 Å². The van der Waals surface area contributed by atoms with Gasteiger partial charge in [-0.15, -0.1) is 0 Å². The maximum atomic E-state index is 12.9. The molecule has 0 spiro atoms. The molecule has 0 atom stereocenters. The number of hydrogen-bond acceptors (Lipinski definition) is 5. The first-order chi connectivity index (χ1) is 14.1. The fourth-order valence-electron chi connectivity index (χ4n) is 3.20. The molecular weight excluding hydrogens is 400 g/mol. The maximum absolute atomic E-state index is 12.9. The smallest absolute Gasteiger partial charge is 0.326 e. The van der Waals surface area contributed by atoms with Crippen molar-refractivity contribution in [3.63, 3.8) is 0 Å². The van der Waals surface area contributed by atoms with Crippen molar-refractivity contribution >= 4 is 29.1 Å². The molecule has 1 aliphatic rings. The van der Waals surface area contributed by atoms with Gasteiger partial charge in [-0.25, -0.2) is 0 Å². The van der Waals surface area contributed by atoms with Crippen LogP contribution in [0.15, 0.2) is 42.5 Å². The van der Waals surface area contributed by atoms with E-state index in [0.29, 0.717) is 35.9 Å². The molecule has 6 nitrogen and oxygen atoms in total. The van der Waals surface area contributed by atoms with E-state index >= 15 is 0 Å². The van der Waals surface area contributed by atoms with Gasteiger partial charge in [-0.2, -0.15) is 0 Å². The van der Waals surface area contributed by atoms with E-state index in [-0.39, 0.29) is 12.5 Å². The average Bonchev–Trinajstić information content (AvgIpc) is 2.67. The third kappa shape index (κ3) is 5.57. The van der Waals surface area contributed by atoms with Gasteiger partial charge in [0.05, 0.1) is 0 Å². The number of nitrogens with two attached hydrogens (primary N) is 1. The van der Waals surface area contributed by atoms with Crippen LogP contribution >= 0.6 is 12.2 Å². The molecule has 30 heavy (non-hydrogen) atoms. The number of rotatable bonds is 6. The third-order valence-corrected chi connectivity index (χ3v) is 4.87. The van der Waals surface area contributed by atoms with Gasteiger partial charge in [0.1, 0.15) is 29.5 Å². The largest absolute Gasteiger partial charge is 0.489 e. The third-order valence-electron chi connectivity index (χ3n) is 4.63. The van der Waals surface area contributed by atoms with Gasteiger partial charge in [0.25, 0.3) is 5.91 Å². The number of ether oxygens (including phenoxy) is 2. The van der Waals surface area contributed by atoms with Crippen molar-refractivity contribution < 1.29 is 19.1 Å². The quantitative estimate of drug-likeness (QED) is 0.564. The molecule has 0 saturated heterocycles. The number of esters is 1. The van der Waals surface area contributed by atoms with Gasteiger partial charge in [0.2, 0.25) is 0 Å². The van der Waals surface area contributed by atoms with Crippen LogP contribution in [-0.4, -0.2) is 40.5 Å². The number of amides is 1. The highest BCUT2D eigenvalue weighted by atomic mass is 32.1. The Kier molecular flexibility index (Phi) is 6.41. The number of thiocarbonyl (C=S) groups is 1. The van der Waals surface area contributed by atoms with Crippen LogP contribution in [0, 0.1) is 0 Å². The molecule has 2 aromatic rings. The van der Waals surface area contributed by atoms with E-state index < -0.39 is 11.6 Å². The minimum atomic E-state index is -0.581. The number of fused-ring (bicyclic) bond motifs is 1. The molecule has 158 valence electrons. The van der Waals surface area contributed by atoms with E-state index in [1.165, 1.54) is 4.90 Å². The maximum Gasteiger partial charge on any atom is 0.326 e. The van der Waals surface area contributed by atoms with Crippen molar-refractivity contribution in [2.75, 3.05) is 13.1 Å². The molecule has 0 aliphatic carbocycles. The van der Waals surface area contributed by atoms with Crippen LogP contribution in [0.1, 0.15) is 47.8 Å². The predicted octanol–water partition coefficient (Wildman–Crippen LogP) is 3.24. The van der Waals surface area contributed by atoms with E-state index in [2.05, 4.69) is 0 Å². The van der Waals surface area contributed by atoms with E-state index in [1.807, 2.05) is 36.4 Å². The van der Waals surface area contributed by atoms with Crippen LogP contribution in [0.4, 0.5) is 0 Å². The number of hydrogen-bond donors (Lipinski definition) is 1. The van der Waals surface area contributed by atoms with Gasteiger partial charge in [-0.3, -0.25) is 9.59 Å². The van der Waals surface area contributed by atoms with E-state index in [4.69, 9.17) is 27.4 Å². The molecule has 0 fully saturated rings. The summed E-state index contributed by atoms with van der Waals surface area (Å²) in [6.07, 6.45) is 0.685. The summed E-state index contributed by atoms with van der Waals surface area (Å²) in [6.45, 7) is 6.20. The molecular formula is C23H26N2O4S. The van der Waals surface area contributed by atoms with Crippen molar-refractivity contribution in [1.82, 2.24) is 4.90 Å². The molecule has 1 heterocycles. The topological polar surface area (TPSA) is 81.9 Å². The average molecular weight is 427 g/mol. The summed E-state index contributed by atoms with van der Waals surface area (Å²) in [6, 6.07) is 13.0. The lowest BCUT2D eigenvalue weighted by atomic mass is 9.98. The SMILES string of the molecule is CC(C)(C)OC(=O)CN1CCc2ccc(OCc3ccc(C(N)=S)cc3)cc2C1=O. The molecule has 0 bridgehead atoms. The molecule has 0 saturated carbocycles. The van der Waals surface area contributed by atoms with Crippen molar-refractivity contribution in [1.29, 1.82) is 0 Å². The fraction of sp³-hybridized carbons (Fsp3) is 0.348. The lowest BCUT2D eigenvalue weighted by molar-refractivity contribution is -0.155. The molecule has 2 aromatic carbocycles. The Bertz CT molecular complexity index is 964. The minimum absolute atomic E-state index is 0.0595. The first kappa shape index (κ1) is 21.8. The number of carbonyl (C=O) groups is 2. The van der Waals surface area contributed by atoms with Crippen LogP contribution in [-0.2, 0) is 22.6 Å². The van der Waals surface area contributed by atoms with Crippen LogP contribution in [0.2, 0.25) is 0 Å². The van der Waals surface area contributed by atoms with Gasteiger partial charge in [-0.1, -0.05) is 42.5 Å². The number of nitrogens with zero attached hydrogens (tertiary/aromatic N) is 1. The Morgan fingerprint density at radius 3 is 2.50 bits per heavy atom. The fourth-order valence-corrected chi connectivity index (χ4v) is 3.34. The highest BCUT2D eigenvalue weighted by molar-refractivity contribution is 7.80. The second kappa shape index (κ2) is 8.83. The van der Waals surface area contributed by atoms with E-state index in [1.54, 1.807) is 26.8 Å².